The van der Waals surface area contributed by atoms with Gasteiger partial charge in [-0.25, -0.2) is 9.97 Å². The second-order valence-corrected chi connectivity index (χ2v) is 6.41. The predicted octanol–water partition coefficient (Wildman–Crippen LogP) is 4.81. The molecule has 0 atom stereocenters. The first-order valence-corrected chi connectivity index (χ1v) is 8.58. The van der Waals surface area contributed by atoms with Crippen molar-refractivity contribution in [2.75, 3.05) is 12.9 Å². The number of halogens is 4. The molecule has 0 aliphatic heterocycles. The van der Waals surface area contributed by atoms with Crippen LogP contribution in [0, 0.1) is 0 Å². The van der Waals surface area contributed by atoms with Gasteiger partial charge in [-0.3, -0.25) is 4.79 Å². The topological polar surface area (TPSA) is 52.1 Å². The minimum absolute atomic E-state index is 0.0160. The molecule has 25 heavy (non-hydrogen) atoms. The molecule has 0 radical (unpaired) electrons. The molecule has 0 aliphatic carbocycles. The summed E-state index contributed by atoms with van der Waals surface area (Å²) in [5.74, 6) is 0.795. The van der Waals surface area contributed by atoms with Gasteiger partial charge in [0.2, 0.25) is 5.24 Å². The Hall–Kier alpha value is -1.80. The zero-order valence-corrected chi connectivity index (χ0v) is 14.7. The van der Waals surface area contributed by atoms with Crippen molar-refractivity contribution in [1.82, 2.24) is 9.97 Å². The lowest BCUT2D eigenvalue weighted by Gasteiger charge is -2.12. The fraction of sp³-hybridized carbons (Fsp3) is 0.312. The van der Waals surface area contributed by atoms with Gasteiger partial charge in [0.05, 0.1) is 12.8 Å². The van der Waals surface area contributed by atoms with Crippen molar-refractivity contribution in [3.8, 4) is 17.0 Å². The van der Waals surface area contributed by atoms with E-state index in [2.05, 4.69) is 9.97 Å². The molecule has 0 spiro atoms. The summed E-state index contributed by atoms with van der Waals surface area (Å²) < 4.78 is 44.6. The minimum atomic E-state index is -4.60. The fourth-order valence-corrected chi connectivity index (χ4v) is 2.93. The highest BCUT2D eigenvalue weighted by molar-refractivity contribution is 7.99. The first-order chi connectivity index (χ1) is 11.8. The number of methoxy groups -OCH3 is 1. The van der Waals surface area contributed by atoms with E-state index < -0.39 is 17.1 Å². The van der Waals surface area contributed by atoms with E-state index >= 15 is 0 Å². The maximum absolute atomic E-state index is 13.1. The summed E-state index contributed by atoms with van der Waals surface area (Å²) in [6.45, 7) is 0. The average Bonchev–Trinajstić information content (AvgIpc) is 2.57. The quantitative estimate of drug-likeness (QED) is 0.294. The number of thioether (sulfide) groups is 1. The van der Waals surface area contributed by atoms with Gasteiger partial charge >= 0.3 is 6.18 Å². The molecule has 0 fully saturated rings. The SMILES string of the molecule is COc1ccccc1-c1cc(C(F)(F)F)nc(SCCCC(=O)Cl)n1. The number of nitrogens with zero attached hydrogens (tertiary/aromatic N) is 2. The third-order valence-electron chi connectivity index (χ3n) is 3.13. The van der Waals surface area contributed by atoms with Crippen molar-refractivity contribution in [3.05, 3.63) is 36.0 Å². The minimum Gasteiger partial charge on any atom is -0.496 e. The summed E-state index contributed by atoms with van der Waals surface area (Å²) in [7, 11) is 1.43. The van der Waals surface area contributed by atoms with Crippen LogP contribution in [-0.4, -0.2) is 28.1 Å². The Kier molecular flexibility index (Phi) is 6.66. The van der Waals surface area contributed by atoms with Crippen LogP contribution in [0.3, 0.4) is 0 Å². The third kappa shape index (κ3) is 5.61. The van der Waals surface area contributed by atoms with Gasteiger partial charge in [-0.15, -0.1) is 0 Å². The van der Waals surface area contributed by atoms with Crippen molar-refractivity contribution in [1.29, 1.82) is 0 Å². The van der Waals surface area contributed by atoms with Crippen LogP contribution in [0.15, 0.2) is 35.5 Å². The van der Waals surface area contributed by atoms with E-state index in [9.17, 15) is 18.0 Å². The van der Waals surface area contributed by atoms with E-state index in [1.54, 1.807) is 24.3 Å². The molecule has 2 rings (SSSR count). The molecule has 0 saturated carbocycles. The van der Waals surface area contributed by atoms with Crippen LogP contribution in [0.5, 0.6) is 5.75 Å². The van der Waals surface area contributed by atoms with Crippen molar-refractivity contribution < 1.29 is 22.7 Å². The lowest BCUT2D eigenvalue weighted by Crippen LogP contribution is -2.10. The molecule has 0 aliphatic rings. The van der Waals surface area contributed by atoms with E-state index in [0.717, 1.165) is 17.8 Å². The fourth-order valence-electron chi connectivity index (χ4n) is 2.00. The van der Waals surface area contributed by atoms with Gasteiger partial charge in [0, 0.05) is 17.7 Å². The van der Waals surface area contributed by atoms with Crippen LogP contribution in [0.1, 0.15) is 18.5 Å². The van der Waals surface area contributed by atoms with Crippen molar-refractivity contribution in [2.24, 2.45) is 0 Å². The number of ether oxygens (including phenoxy) is 1. The van der Waals surface area contributed by atoms with Gasteiger partial charge < -0.3 is 4.74 Å². The number of benzene rings is 1. The molecule has 1 aromatic heterocycles. The van der Waals surface area contributed by atoms with E-state index in [-0.39, 0.29) is 17.3 Å². The van der Waals surface area contributed by atoms with Gasteiger partial charge in [0.1, 0.15) is 11.4 Å². The van der Waals surface area contributed by atoms with Gasteiger partial charge in [-0.2, -0.15) is 13.2 Å². The number of carbonyl (C=O) groups excluding carboxylic acids is 1. The molecule has 9 heteroatoms. The number of hydrogen-bond donors (Lipinski definition) is 0. The smallest absolute Gasteiger partial charge is 0.433 e. The molecular formula is C16H14ClF3N2O2S. The molecule has 1 aromatic carbocycles. The Balaban J connectivity index is 2.35. The second-order valence-electron chi connectivity index (χ2n) is 4.93. The van der Waals surface area contributed by atoms with Crippen molar-refractivity contribution in [3.63, 3.8) is 0 Å². The standard InChI is InChI=1S/C16H14ClF3N2O2S/c1-24-12-6-3-2-5-10(12)11-9-13(16(18,19)20)22-15(21-11)25-8-4-7-14(17)23/h2-3,5-6,9H,4,7-8H2,1H3. The number of para-hydroxylation sites is 1. The first kappa shape index (κ1) is 19.5. The summed E-state index contributed by atoms with van der Waals surface area (Å²) in [6, 6.07) is 7.56. The molecule has 0 saturated heterocycles. The highest BCUT2D eigenvalue weighted by Gasteiger charge is 2.34. The lowest BCUT2D eigenvalue weighted by molar-refractivity contribution is -0.141. The highest BCUT2D eigenvalue weighted by Crippen LogP contribution is 2.34. The molecule has 0 N–H and O–H groups in total. The van der Waals surface area contributed by atoms with Crippen molar-refractivity contribution >= 4 is 28.6 Å². The van der Waals surface area contributed by atoms with Gasteiger partial charge in [-0.05, 0) is 36.2 Å². The largest absolute Gasteiger partial charge is 0.496 e. The Morgan fingerprint density at radius 3 is 2.64 bits per heavy atom. The molecule has 4 nitrogen and oxygen atoms in total. The molecule has 134 valence electrons. The van der Waals surface area contributed by atoms with Crippen LogP contribution in [0.2, 0.25) is 0 Å². The van der Waals surface area contributed by atoms with E-state index in [1.165, 1.54) is 7.11 Å². The van der Waals surface area contributed by atoms with Crippen LogP contribution in [0.25, 0.3) is 11.3 Å². The summed E-state index contributed by atoms with van der Waals surface area (Å²) in [5, 5.41) is -0.502. The Bertz CT molecular complexity index is 756. The number of carbonyl (C=O) groups is 1. The Labute approximate surface area is 151 Å². The maximum Gasteiger partial charge on any atom is 0.433 e. The normalized spacial score (nSPS) is 11.4. The van der Waals surface area contributed by atoms with Gasteiger partial charge in [0.15, 0.2) is 5.16 Å². The number of aromatic nitrogens is 2. The number of rotatable bonds is 7. The van der Waals surface area contributed by atoms with Crippen LogP contribution < -0.4 is 4.74 Å². The van der Waals surface area contributed by atoms with Gasteiger partial charge in [-0.1, -0.05) is 23.9 Å². The Morgan fingerprint density at radius 2 is 2.00 bits per heavy atom. The number of alkyl halides is 3. The summed E-state index contributed by atoms with van der Waals surface area (Å²) >= 11 is 6.28. The van der Waals surface area contributed by atoms with Crippen LogP contribution in [0.4, 0.5) is 13.2 Å². The first-order valence-electron chi connectivity index (χ1n) is 7.22. The number of hydrogen-bond acceptors (Lipinski definition) is 5. The molecular weight excluding hydrogens is 377 g/mol. The highest BCUT2D eigenvalue weighted by atomic mass is 35.5. The van der Waals surface area contributed by atoms with Crippen LogP contribution >= 0.6 is 23.4 Å². The molecule has 0 amide bonds. The summed E-state index contributed by atoms with van der Waals surface area (Å²) in [6.07, 6.45) is -4.02. The van der Waals surface area contributed by atoms with E-state index in [1.807, 2.05) is 0 Å². The average molecular weight is 391 g/mol. The molecule has 0 unspecified atom stereocenters. The molecule has 0 bridgehead atoms. The Morgan fingerprint density at radius 1 is 1.28 bits per heavy atom. The van der Waals surface area contributed by atoms with Gasteiger partial charge in [0.25, 0.3) is 0 Å². The van der Waals surface area contributed by atoms with Crippen LogP contribution in [-0.2, 0) is 11.0 Å². The van der Waals surface area contributed by atoms with E-state index in [4.69, 9.17) is 16.3 Å². The molecule has 1 heterocycles. The summed E-state index contributed by atoms with van der Waals surface area (Å²) in [4.78, 5) is 18.5. The second kappa shape index (κ2) is 8.53. The zero-order chi connectivity index (χ0) is 18.4. The van der Waals surface area contributed by atoms with Crippen molar-refractivity contribution in [2.45, 2.75) is 24.2 Å². The predicted molar refractivity (Wildman–Crippen MR) is 89.8 cm³/mol. The summed E-state index contributed by atoms with van der Waals surface area (Å²) in [5.41, 5.74) is -0.467. The van der Waals surface area contributed by atoms with E-state index in [0.29, 0.717) is 23.5 Å². The maximum atomic E-state index is 13.1. The monoisotopic (exact) mass is 390 g/mol. The lowest BCUT2D eigenvalue weighted by atomic mass is 10.1. The zero-order valence-electron chi connectivity index (χ0n) is 13.1. The molecule has 2 aromatic rings. The third-order valence-corrected chi connectivity index (χ3v) is 4.25.